The van der Waals surface area contributed by atoms with Gasteiger partial charge < -0.3 is 15.2 Å². The topological polar surface area (TPSA) is 84.6 Å². The quantitative estimate of drug-likeness (QED) is 0.622. The molecule has 1 aromatic rings. The van der Waals surface area contributed by atoms with Gasteiger partial charge in [-0.25, -0.2) is 0 Å². The minimum Gasteiger partial charge on any atom is -0.489 e. The molecule has 2 N–H and O–H groups in total. The summed E-state index contributed by atoms with van der Waals surface area (Å²) in [6, 6.07) is 3.94. The zero-order valence-electron chi connectivity index (χ0n) is 11.7. The van der Waals surface area contributed by atoms with Gasteiger partial charge in [0.2, 0.25) is 0 Å². The maximum Gasteiger partial charge on any atom is 0.273 e. The summed E-state index contributed by atoms with van der Waals surface area (Å²) in [4.78, 5) is 10.1. The summed E-state index contributed by atoms with van der Waals surface area (Å²) < 4.78 is 5.33. The zero-order chi connectivity index (χ0) is 15.3. The van der Waals surface area contributed by atoms with Gasteiger partial charge in [0.25, 0.3) is 5.69 Å². The number of aliphatic hydroxyl groups is 1. The van der Waals surface area contributed by atoms with E-state index < -0.39 is 11.0 Å². The predicted octanol–water partition coefficient (Wildman–Crippen LogP) is 2.38. The van der Waals surface area contributed by atoms with Crippen LogP contribution < -0.4 is 10.1 Å². The molecular weight excluding hydrogens is 284 g/mol. The molecule has 0 saturated heterocycles. The normalized spacial score (nSPS) is 13.1. The second-order valence-electron chi connectivity index (χ2n) is 5.47. The van der Waals surface area contributed by atoms with E-state index in [1.807, 2.05) is 20.8 Å². The van der Waals surface area contributed by atoms with Crippen molar-refractivity contribution in [2.24, 2.45) is 0 Å². The third-order valence-electron chi connectivity index (χ3n) is 2.42. The minimum absolute atomic E-state index is 0.00394. The minimum atomic E-state index is -0.732. The zero-order valence-corrected chi connectivity index (χ0v) is 12.5. The number of nitrogens with zero attached hydrogens (tertiary/aromatic N) is 1. The molecular formula is C13H19ClN2O4. The lowest BCUT2D eigenvalue weighted by Gasteiger charge is -2.23. The van der Waals surface area contributed by atoms with Gasteiger partial charge >= 0.3 is 0 Å². The van der Waals surface area contributed by atoms with Crippen molar-refractivity contribution in [1.82, 2.24) is 5.32 Å². The molecule has 0 heterocycles. The van der Waals surface area contributed by atoms with Gasteiger partial charge in [0.05, 0.1) is 16.0 Å². The molecule has 1 rings (SSSR count). The number of hydrogen-bond donors (Lipinski definition) is 2. The summed E-state index contributed by atoms with van der Waals surface area (Å²) in [6.07, 6.45) is -0.732. The number of non-ortho nitro benzene ring substituents is 1. The van der Waals surface area contributed by atoms with Crippen molar-refractivity contribution in [3.63, 3.8) is 0 Å². The maximum absolute atomic E-state index is 10.7. The number of aliphatic hydroxyl groups excluding tert-OH is 1. The largest absolute Gasteiger partial charge is 0.489 e. The van der Waals surface area contributed by atoms with E-state index in [4.69, 9.17) is 16.3 Å². The van der Waals surface area contributed by atoms with Crippen molar-refractivity contribution in [3.8, 4) is 5.75 Å². The van der Waals surface area contributed by atoms with E-state index in [-0.39, 0.29) is 28.6 Å². The Morgan fingerprint density at radius 2 is 2.15 bits per heavy atom. The highest BCUT2D eigenvalue weighted by molar-refractivity contribution is 6.32. The lowest BCUT2D eigenvalue weighted by atomic mass is 10.1. The molecule has 1 aromatic carbocycles. The van der Waals surface area contributed by atoms with E-state index in [1.54, 1.807) is 0 Å². The summed E-state index contributed by atoms with van der Waals surface area (Å²) in [5.41, 5.74) is -0.212. The summed E-state index contributed by atoms with van der Waals surface area (Å²) in [7, 11) is 0. The molecule has 7 heteroatoms. The Labute approximate surface area is 122 Å². The first-order chi connectivity index (χ1) is 9.19. The maximum atomic E-state index is 10.7. The monoisotopic (exact) mass is 302 g/mol. The van der Waals surface area contributed by atoms with Crippen LogP contribution in [0.15, 0.2) is 18.2 Å². The number of hydrogen-bond acceptors (Lipinski definition) is 5. The van der Waals surface area contributed by atoms with Crippen LogP contribution in [0.5, 0.6) is 5.75 Å². The Bertz CT molecular complexity index is 474. The molecule has 1 atom stereocenters. The lowest BCUT2D eigenvalue weighted by Crippen LogP contribution is -2.42. The fourth-order valence-corrected chi connectivity index (χ4v) is 1.56. The lowest BCUT2D eigenvalue weighted by molar-refractivity contribution is -0.384. The molecule has 0 amide bonds. The van der Waals surface area contributed by atoms with Crippen LogP contribution in [0.25, 0.3) is 0 Å². The van der Waals surface area contributed by atoms with E-state index in [0.717, 1.165) is 0 Å². The molecule has 0 aliphatic heterocycles. The Balaban J connectivity index is 2.56. The molecule has 6 nitrogen and oxygen atoms in total. The molecule has 0 saturated carbocycles. The highest BCUT2D eigenvalue weighted by Gasteiger charge is 2.15. The van der Waals surface area contributed by atoms with Crippen molar-refractivity contribution < 1.29 is 14.8 Å². The van der Waals surface area contributed by atoms with Gasteiger partial charge in [0.1, 0.15) is 18.5 Å². The fourth-order valence-electron chi connectivity index (χ4n) is 1.39. The van der Waals surface area contributed by atoms with Crippen LogP contribution in [0.4, 0.5) is 5.69 Å². The van der Waals surface area contributed by atoms with Crippen LogP contribution in [-0.2, 0) is 0 Å². The van der Waals surface area contributed by atoms with Gasteiger partial charge in [-0.05, 0) is 26.8 Å². The number of rotatable bonds is 6. The standard InChI is InChI=1S/C13H19ClN2O4/c1-13(2,3)15-7-10(17)8-20-12-6-9(16(18)19)4-5-11(12)14/h4-6,10,15,17H,7-8H2,1-3H3. The molecule has 112 valence electrons. The molecule has 0 radical (unpaired) electrons. The third-order valence-corrected chi connectivity index (χ3v) is 2.74. The molecule has 1 unspecified atom stereocenters. The molecule has 20 heavy (non-hydrogen) atoms. The summed E-state index contributed by atoms with van der Waals surface area (Å²) in [6.45, 7) is 6.31. The summed E-state index contributed by atoms with van der Waals surface area (Å²) in [5, 5.41) is 23.8. The van der Waals surface area contributed by atoms with E-state index in [1.165, 1.54) is 18.2 Å². The van der Waals surface area contributed by atoms with Crippen LogP contribution in [0.3, 0.4) is 0 Å². The molecule has 0 aliphatic carbocycles. The van der Waals surface area contributed by atoms with Gasteiger partial charge in [0.15, 0.2) is 0 Å². The first-order valence-electron chi connectivity index (χ1n) is 6.19. The third kappa shape index (κ3) is 5.73. The number of β-amino-alcohol motifs (C(OH)–C–C–N with tert-alkyl or cyclic N) is 1. The predicted molar refractivity (Wildman–Crippen MR) is 77.4 cm³/mol. The number of benzene rings is 1. The second kappa shape index (κ2) is 6.88. The summed E-state index contributed by atoms with van der Waals surface area (Å²) >= 11 is 5.89. The van der Waals surface area contributed by atoms with Gasteiger partial charge in [-0.1, -0.05) is 11.6 Å². The average molecular weight is 303 g/mol. The Morgan fingerprint density at radius 3 is 2.70 bits per heavy atom. The van der Waals surface area contributed by atoms with Gasteiger partial charge in [-0.2, -0.15) is 0 Å². The molecule has 0 aromatic heterocycles. The van der Waals surface area contributed by atoms with Crippen LogP contribution in [0.2, 0.25) is 5.02 Å². The van der Waals surface area contributed by atoms with Gasteiger partial charge in [-0.3, -0.25) is 10.1 Å². The van der Waals surface area contributed by atoms with E-state index in [0.29, 0.717) is 6.54 Å². The Hall–Kier alpha value is -1.37. The number of nitro groups is 1. The Morgan fingerprint density at radius 1 is 1.50 bits per heavy atom. The van der Waals surface area contributed by atoms with Crippen LogP contribution in [0, 0.1) is 10.1 Å². The van der Waals surface area contributed by atoms with Crippen molar-refractivity contribution in [3.05, 3.63) is 33.3 Å². The smallest absolute Gasteiger partial charge is 0.273 e. The van der Waals surface area contributed by atoms with Crippen molar-refractivity contribution in [2.45, 2.75) is 32.4 Å². The van der Waals surface area contributed by atoms with Crippen molar-refractivity contribution in [2.75, 3.05) is 13.2 Å². The second-order valence-corrected chi connectivity index (χ2v) is 5.87. The first kappa shape index (κ1) is 16.7. The van der Waals surface area contributed by atoms with E-state index >= 15 is 0 Å². The van der Waals surface area contributed by atoms with Gasteiger partial charge in [-0.15, -0.1) is 0 Å². The highest BCUT2D eigenvalue weighted by atomic mass is 35.5. The van der Waals surface area contributed by atoms with Gasteiger partial charge in [0, 0.05) is 18.2 Å². The van der Waals surface area contributed by atoms with Crippen LogP contribution >= 0.6 is 11.6 Å². The molecule has 0 spiro atoms. The van der Waals surface area contributed by atoms with Crippen molar-refractivity contribution in [1.29, 1.82) is 0 Å². The number of nitro benzene ring substituents is 1. The average Bonchev–Trinajstić information content (AvgIpc) is 2.34. The molecule has 0 bridgehead atoms. The molecule has 0 aliphatic rings. The van der Waals surface area contributed by atoms with Crippen LogP contribution in [0.1, 0.15) is 20.8 Å². The van der Waals surface area contributed by atoms with E-state index in [9.17, 15) is 15.2 Å². The van der Waals surface area contributed by atoms with Crippen molar-refractivity contribution >= 4 is 17.3 Å². The first-order valence-corrected chi connectivity index (χ1v) is 6.56. The number of halogens is 1. The number of nitrogens with one attached hydrogen (secondary N) is 1. The van der Waals surface area contributed by atoms with E-state index in [2.05, 4.69) is 5.32 Å². The van der Waals surface area contributed by atoms with Crippen LogP contribution in [-0.4, -0.2) is 34.8 Å². The number of ether oxygens (including phenoxy) is 1. The fraction of sp³-hybridized carbons (Fsp3) is 0.538. The summed E-state index contributed by atoms with van der Waals surface area (Å²) in [5.74, 6) is 0.190. The Kier molecular flexibility index (Phi) is 5.74. The molecule has 0 fully saturated rings. The highest BCUT2D eigenvalue weighted by Crippen LogP contribution is 2.28. The SMILES string of the molecule is CC(C)(C)NCC(O)COc1cc([N+](=O)[O-])ccc1Cl.